The minimum atomic E-state index is -0.423. The van der Waals surface area contributed by atoms with Crippen molar-refractivity contribution >= 4 is 11.5 Å². The first-order chi connectivity index (χ1) is 7.79. The summed E-state index contributed by atoms with van der Waals surface area (Å²) in [5, 5.41) is 4.42. The molecule has 2 heterocycles. The molecule has 0 aromatic carbocycles. The van der Waals surface area contributed by atoms with E-state index in [2.05, 4.69) is 14.8 Å². The lowest BCUT2D eigenvalue weighted by Gasteiger charge is -1.99. The van der Waals surface area contributed by atoms with Crippen LogP contribution in [0.25, 0.3) is 5.52 Å². The second kappa shape index (κ2) is 3.30. The van der Waals surface area contributed by atoms with Crippen LogP contribution in [0, 0.1) is 0 Å². The van der Waals surface area contributed by atoms with E-state index in [1.807, 2.05) is 6.07 Å². The first kappa shape index (κ1) is 9.33. The van der Waals surface area contributed by atoms with Gasteiger partial charge in [-0.3, -0.25) is 0 Å². The van der Waals surface area contributed by atoms with Gasteiger partial charge in [0.15, 0.2) is 5.69 Å². The standard InChI is InChI=1S/C11H11N3O2/c1-16-11(15)10-9-6-8(7-2-3-7)13-14(9)5-4-12-10/h4-7H,2-3H2,1H3. The fourth-order valence-corrected chi connectivity index (χ4v) is 1.77. The molecule has 0 aliphatic heterocycles. The van der Waals surface area contributed by atoms with Crippen LogP contribution in [0.5, 0.6) is 0 Å². The van der Waals surface area contributed by atoms with Gasteiger partial charge in [0.25, 0.3) is 0 Å². The molecule has 0 unspecified atom stereocenters. The van der Waals surface area contributed by atoms with Gasteiger partial charge in [-0.25, -0.2) is 14.3 Å². The highest BCUT2D eigenvalue weighted by Gasteiger charge is 2.27. The van der Waals surface area contributed by atoms with Crippen molar-refractivity contribution in [1.82, 2.24) is 14.6 Å². The molecule has 3 rings (SSSR count). The average Bonchev–Trinajstić information content (AvgIpc) is 3.07. The van der Waals surface area contributed by atoms with Crippen molar-refractivity contribution in [3.63, 3.8) is 0 Å². The predicted molar refractivity (Wildman–Crippen MR) is 56.3 cm³/mol. The zero-order valence-electron chi connectivity index (χ0n) is 8.88. The predicted octanol–water partition coefficient (Wildman–Crippen LogP) is 1.39. The van der Waals surface area contributed by atoms with E-state index in [0.29, 0.717) is 11.6 Å². The fraction of sp³-hybridized carbons (Fsp3) is 0.364. The third-order valence-electron chi connectivity index (χ3n) is 2.78. The fourth-order valence-electron chi connectivity index (χ4n) is 1.77. The molecule has 2 aromatic rings. The molecule has 1 aliphatic rings. The zero-order chi connectivity index (χ0) is 11.1. The van der Waals surface area contributed by atoms with E-state index < -0.39 is 5.97 Å². The highest BCUT2D eigenvalue weighted by atomic mass is 16.5. The van der Waals surface area contributed by atoms with Crippen LogP contribution in [0.1, 0.15) is 34.9 Å². The van der Waals surface area contributed by atoms with Crippen LogP contribution < -0.4 is 0 Å². The zero-order valence-corrected chi connectivity index (χ0v) is 8.88. The van der Waals surface area contributed by atoms with Crippen molar-refractivity contribution in [2.45, 2.75) is 18.8 Å². The lowest BCUT2D eigenvalue weighted by Crippen LogP contribution is -2.06. The number of ether oxygens (including phenoxy) is 1. The highest BCUT2D eigenvalue weighted by molar-refractivity contribution is 5.94. The molecule has 16 heavy (non-hydrogen) atoms. The van der Waals surface area contributed by atoms with Crippen molar-refractivity contribution < 1.29 is 9.53 Å². The van der Waals surface area contributed by atoms with Gasteiger partial charge in [0.2, 0.25) is 0 Å². The minimum Gasteiger partial charge on any atom is -0.464 e. The Hall–Kier alpha value is -1.91. The maximum absolute atomic E-state index is 11.5. The van der Waals surface area contributed by atoms with Crippen molar-refractivity contribution in [2.75, 3.05) is 7.11 Å². The van der Waals surface area contributed by atoms with Crippen LogP contribution in [0.4, 0.5) is 0 Å². The Morgan fingerprint density at radius 2 is 2.38 bits per heavy atom. The molecule has 0 atom stereocenters. The van der Waals surface area contributed by atoms with E-state index in [4.69, 9.17) is 0 Å². The minimum absolute atomic E-state index is 0.324. The van der Waals surface area contributed by atoms with Gasteiger partial charge in [-0.2, -0.15) is 5.10 Å². The lowest BCUT2D eigenvalue weighted by molar-refractivity contribution is 0.0596. The Labute approximate surface area is 92.1 Å². The molecular weight excluding hydrogens is 206 g/mol. The van der Waals surface area contributed by atoms with Gasteiger partial charge < -0.3 is 4.74 Å². The van der Waals surface area contributed by atoms with E-state index in [0.717, 1.165) is 11.2 Å². The summed E-state index contributed by atoms with van der Waals surface area (Å²) in [5.74, 6) is 0.137. The molecule has 0 bridgehead atoms. The van der Waals surface area contributed by atoms with Gasteiger partial charge in [0, 0.05) is 18.3 Å². The summed E-state index contributed by atoms with van der Waals surface area (Å²) in [5.41, 5.74) is 2.08. The first-order valence-corrected chi connectivity index (χ1v) is 5.22. The van der Waals surface area contributed by atoms with Crippen molar-refractivity contribution in [3.8, 4) is 0 Å². The Kier molecular flexibility index (Phi) is 1.92. The third-order valence-corrected chi connectivity index (χ3v) is 2.78. The average molecular weight is 217 g/mol. The number of nitrogens with zero attached hydrogens (tertiary/aromatic N) is 3. The summed E-state index contributed by atoms with van der Waals surface area (Å²) in [6.45, 7) is 0. The molecule has 0 N–H and O–H groups in total. The molecule has 0 radical (unpaired) electrons. The Bertz CT molecular complexity index is 557. The van der Waals surface area contributed by atoms with Crippen LogP contribution in [0.15, 0.2) is 18.5 Å². The quantitative estimate of drug-likeness (QED) is 0.713. The van der Waals surface area contributed by atoms with E-state index in [-0.39, 0.29) is 0 Å². The van der Waals surface area contributed by atoms with Crippen LogP contribution in [-0.2, 0) is 4.74 Å². The maximum Gasteiger partial charge on any atom is 0.358 e. The molecular formula is C11H11N3O2. The van der Waals surface area contributed by atoms with Crippen molar-refractivity contribution in [2.24, 2.45) is 0 Å². The van der Waals surface area contributed by atoms with Gasteiger partial charge in [-0.1, -0.05) is 0 Å². The van der Waals surface area contributed by atoms with Crippen LogP contribution in [0.2, 0.25) is 0 Å². The summed E-state index contributed by atoms with van der Waals surface area (Å²) in [6.07, 6.45) is 5.67. The van der Waals surface area contributed by atoms with E-state index >= 15 is 0 Å². The summed E-state index contributed by atoms with van der Waals surface area (Å²) < 4.78 is 6.37. The number of aromatic nitrogens is 3. The van der Waals surface area contributed by atoms with Crippen LogP contribution >= 0.6 is 0 Å². The van der Waals surface area contributed by atoms with Gasteiger partial charge in [-0.05, 0) is 18.9 Å². The molecule has 0 amide bonds. The third kappa shape index (κ3) is 1.36. The highest BCUT2D eigenvalue weighted by Crippen LogP contribution is 2.39. The molecule has 1 saturated carbocycles. The normalized spacial score (nSPS) is 15.3. The number of rotatable bonds is 2. The van der Waals surface area contributed by atoms with Crippen molar-refractivity contribution in [1.29, 1.82) is 0 Å². The number of fused-ring (bicyclic) bond motifs is 1. The number of methoxy groups -OCH3 is 1. The summed E-state index contributed by atoms with van der Waals surface area (Å²) >= 11 is 0. The van der Waals surface area contributed by atoms with E-state index in [1.165, 1.54) is 20.0 Å². The van der Waals surface area contributed by atoms with Crippen LogP contribution in [0.3, 0.4) is 0 Å². The number of hydrogen-bond donors (Lipinski definition) is 0. The molecule has 1 aliphatic carbocycles. The second-order valence-corrected chi connectivity index (χ2v) is 3.94. The van der Waals surface area contributed by atoms with Crippen LogP contribution in [-0.4, -0.2) is 27.7 Å². The number of carbonyl (C=O) groups is 1. The molecule has 5 nitrogen and oxygen atoms in total. The smallest absolute Gasteiger partial charge is 0.358 e. The number of hydrogen-bond acceptors (Lipinski definition) is 4. The largest absolute Gasteiger partial charge is 0.464 e. The van der Waals surface area contributed by atoms with Gasteiger partial charge in [0.1, 0.15) is 0 Å². The van der Waals surface area contributed by atoms with Crippen molar-refractivity contribution in [3.05, 3.63) is 29.8 Å². The monoisotopic (exact) mass is 217 g/mol. The first-order valence-electron chi connectivity index (χ1n) is 5.22. The Morgan fingerprint density at radius 1 is 1.56 bits per heavy atom. The Balaban J connectivity index is 2.17. The lowest BCUT2D eigenvalue weighted by atomic mass is 10.2. The molecule has 1 fully saturated rings. The van der Waals surface area contributed by atoms with E-state index in [1.54, 1.807) is 16.9 Å². The molecule has 0 saturated heterocycles. The maximum atomic E-state index is 11.5. The number of esters is 1. The number of carbonyl (C=O) groups excluding carboxylic acids is 1. The summed E-state index contributed by atoms with van der Waals surface area (Å²) in [6, 6.07) is 1.93. The summed E-state index contributed by atoms with van der Waals surface area (Å²) in [4.78, 5) is 15.5. The topological polar surface area (TPSA) is 56.5 Å². The van der Waals surface area contributed by atoms with Gasteiger partial charge >= 0.3 is 5.97 Å². The van der Waals surface area contributed by atoms with E-state index in [9.17, 15) is 4.79 Å². The summed E-state index contributed by atoms with van der Waals surface area (Å²) in [7, 11) is 1.35. The SMILES string of the molecule is COC(=O)c1nccn2nc(C3CC3)cc12. The molecule has 2 aromatic heterocycles. The second-order valence-electron chi connectivity index (χ2n) is 3.94. The molecule has 0 spiro atoms. The Morgan fingerprint density at radius 3 is 3.06 bits per heavy atom. The van der Waals surface area contributed by atoms with Gasteiger partial charge in [-0.15, -0.1) is 0 Å². The molecule has 5 heteroatoms. The van der Waals surface area contributed by atoms with Gasteiger partial charge in [0.05, 0.1) is 18.3 Å². The molecule has 82 valence electrons.